The maximum atomic E-state index is 5.29. The lowest BCUT2D eigenvalue weighted by Crippen LogP contribution is -2.37. The van der Waals surface area contributed by atoms with Gasteiger partial charge in [-0.1, -0.05) is 42.5 Å². The molecule has 2 aromatic carbocycles. The fraction of sp³-hybridized carbons (Fsp3) is 0.167. The lowest BCUT2D eigenvalue weighted by atomic mass is 10.1. The third-order valence-electron chi connectivity index (χ3n) is 3.56. The molecule has 0 aliphatic carbocycles. The van der Waals surface area contributed by atoms with Crippen molar-refractivity contribution in [1.82, 2.24) is 10.9 Å². The molecule has 0 atom stereocenters. The molecule has 0 unspecified atom stereocenters. The smallest absolute Gasteiger partial charge is 0.189 e. The van der Waals surface area contributed by atoms with E-state index in [1.54, 1.807) is 0 Å². The second-order valence-electron chi connectivity index (χ2n) is 5.16. The lowest BCUT2D eigenvalue weighted by Gasteiger charge is -2.14. The second-order valence-corrected chi connectivity index (χ2v) is 5.57. The van der Waals surface area contributed by atoms with Crippen molar-refractivity contribution in [2.45, 2.75) is 20.8 Å². The lowest BCUT2D eigenvalue weighted by molar-refractivity contribution is 0.829. The molecule has 3 nitrogen and oxygen atoms in total. The van der Waals surface area contributed by atoms with Crippen LogP contribution in [0.3, 0.4) is 0 Å². The van der Waals surface area contributed by atoms with E-state index in [9.17, 15) is 0 Å². The Morgan fingerprint density at radius 3 is 2.45 bits per heavy atom. The van der Waals surface area contributed by atoms with Gasteiger partial charge in [0.15, 0.2) is 5.11 Å². The zero-order valence-corrected chi connectivity index (χ0v) is 13.9. The van der Waals surface area contributed by atoms with Crippen LogP contribution in [0.1, 0.15) is 23.6 Å². The van der Waals surface area contributed by atoms with Gasteiger partial charge in [0.25, 0.3) is 0 Å². The van der Waals surface area contributed by atoms with Gasteiger partial charge in [0.05, 0.1) is 0 Å². The zero-order chi connectivity index (χ0) is 15.9. The molecule has 0 amide bonds. The number of nitrogens with one attached hydrogen (secondary N) is 3. The highest BCUT2D eigenvalue weighted by atomic mass is 32.1. The fourth-order valence-corrected chi connectivity index (χ4v) is 2.20. The van der Waals surface area contributed by atoms with E-state index < -0.39 is 0 Å². The first-order valence-corrected chi connectivity index (χ1v) is 7.59. The minimum absolute atomic E-state index is 0.533. The van der Waals surface area contributed by atoms with Gasteiger partial charge in [-0.25, -0.2) is 0 Å². The summed E-state index contributed by atoms with van der Waals surface area (Å²) in [6.07, 6.45) is 1.90. The third kappa shape index (κ3) is 4.33. The maximum absolute atomic E-state index is 5.29. The molecule has 22 heavy (non-hydrogen) atoms. The summed E-state index contributed by atoms with van der Waals surface area (Å²) < 4.78 is 0. The molecular formula is C18H21N3S. The SMILES string of the molecule is C/C(=C\NNC(=S)Nc1cccc(C)c1C)c1ccccc1. The Morgan fingerprint density at radius 1 is 1.00 bits per heavy atom. The van der Waals surface area contributed by atoms with Crippen LogP contribution in [-0.4, -0.2) is 5.11 Å². The van der Waals surface area contributed by atoms with Gasteiger partial charge in [-0.2, -0.15) is 0 Å². The maximum Gasteiger partial charge on any atom is 0.189 e. The normalized spacial score (nSPS) is 11.0. The first-order valence-electron chi connectivity index (χ1n) is 7.19. The van der Waals surface area contributed by atoms with Gasteiger partial charge in [0.2, 0.25) is 0 Å². The van der Waals surface area contributed by atoms with Crippen molar-refractivity contribution in [2.24, 2.45) is 0 Å². The quantitative estimate of drug-likeness (QED) is 0.585. The van der Waals surface area contributed by atoms with E-state index in [-0.39, 0.29) is 0 Å². The van der Waals surface area contributed by atoms with Crippen molar-refractivity contribution in [3.05, 3.63) is 71.4 Å². The highest BCUT2D eigenvalue weighted by molar-refractivity contribution is 7.80. The number of hydrogen-bond acceptors (Lipinski definition) is 2. The molecule has 0 heterocycles. The number of hydrogen-bond donors (Lipinski definition) is 3. The van der Waals surface area contributed by atoms with Crippen LogP contribution in [0.25, 0.3) is 5.57 Å². The topological polar surface area (TPSA) is 36.1 Å². The van der Waals surface area contributed by atoms with E-state index in [0.717, 1.165) is 11.3 Å². The Balaban J connectivity index is 1.89. The summed E-state index contributed by atoms with van der Waals surface area (Å²) in [6.45, 7) is 6.21. The minimum Gasteiger partial charge on any atom is -0.331 e. The first-order chi connectivity index (χ1) is 10.6. The molecule has 2 rings (SSSR count). The monoisotopic (exact) mass is 311 g/mol. The molecule has 4 heteroatoms. The van der Waals surface area contributed by atoms with Crippen molar-refractivity contribution in [2.75, 3.05) is 5.32 Å². The summed E-state index contributed by atoms with van der Waals surface area (Å²) in [5, 5.41) is 3.73. The van der Waals surface area contributed by atoms with Gasteiger partial charge in [-0.15, -0.1) is 0 Å². The number of thiocarbonyl (C=S) groups is 1. The van der Waals surface area contributed by atoms with Crippen LogP contribution in [0.5, 0.6) is 0 Å². The van der Waals surface area contributed by atoms with Crippen molar-refractivity contribution in [3.63, 3.8) is 0 Å². The molecule has 114 valence electrons. The van der Waals surface area contributed by atoms with Crippen molar-refractivity contribution >= 4 is 28.6 Å². The Morgan fingerprint density at radius 2 is 1.73 bits per heavy atom. The molecule has 0 aromatic heterocycles. The van der Waals surface area contributed by atoms with Gasteiger partial charge in [-0.05, 0) is 61.3 Å². The predicted octanol–water partition coefficient (Wildman–Crippen LogP) is 4.16. The molecule has 0 spiro atoms. The average Bonchev–Trinajstić information content (AvgIpc) is 2.52. The summed E-state index contributed by atoms with van der Waals surface area (Å²) >= 11 is 5.29. The largest absolute Gasteiger partial charge is 0.331 e. The molecular weight excluding hydrogens is 290 g/mol. The molecule has 0 radical (unpaired) electrons. The first kappa shape index (κ1) is 16.0. The van der Waals surface area contributed by atoms with Gasteiger partial charge in [-0.3, -0.25) is 5.43 Å². The van der Waals surface area contributed by atoms with Crippen LogP contribution in [-0.2, 0) is 0 Å². The van der Waals surface area contributed by atoms with Crippen LogP contribution in [0.4, 0.5) is 5.69 Å². The molecule has 2 aromatic rings. The molecule has 0 fully saturated rings. The Bertz CT molecular complexity index is 678. The number of rotatable bonds is 4. The highest BCUT2D eigenvalue weighted by Crippen LogP contribution is 2.17. The number of benzene rings is 2. The van der Waals surface area contributed by atoms with Gasteiger partial charge in [0.1, 0.15) is 0 Å². The standard InChI is InChI=1S/C18H21N3S/c1-13-8-7-11-17(15(13)3)20-18(22)21-19-12-14(2)16-9-5-4-6-10-16/h4-12,19H,1-3H3,(H2,20,21,22)/b14-12+. The Labute approximate surface area is 137 Å². The fourth-order valence-electron chi connectivity index (χ4n) is 2.03. The number of allylic oxidation sites excluding steroid dienone is 1. The molecule has 0 saturated carbocycles. The number of anilines is 1. The van der Waals surface area contributed by atoms with Crippen molar-refractivity contribution in [3.8, 4) is 0 Å². The average molecular weight is 311 g/mol. The van der Waals surface area contributed by atoms with E-state index in [0.29, 0.717) is 5.11 Å². The Hall–Kier alpha value is -2.33. The van der Waals surface area contributed by atoms with Crippen LogP contribution in [0.2, 0.25) is 0 Å². The Kier molecular flexibility index (Phi) is 5.55. The molecule has 0 aliphatic rings. The minimum atomic E-state index is 0.533. The highest BCUT2D eigenvalue weighted by Gasteiger charge is 2.02. The van der Waals surface area contributed by atoms with Crippen molar-refractivity contribution in [1.29, 1.82) is 0 Å². The molecule has 0 bridgehead atoms. The van der Waals surface area contributed by atoms with E-state index in [4.69, 9.17) is 12.2 Å². The van der Waals surface area contributed by atoms with Gasteiger partial charge in [0, 0.05) is 11.9 Å². The molecule has 0 aliphatic heterocycles. The zero-order valence-electron chi connectivity index (χ0n) is 13.1. The summed E-state index contributed by atoms with van der Waals surface area (Å²) in [5.41, 5.74) is 11.7. The van der Waals surface area contributed by atoms with Crippen LogP contribution in [0.15, 0.2) is 54.7 Å². The third-order valence-corrected chi connectivity index (χ3v) is 3.76. The second kappa shape index (κ2) is 7.61. The van der Waals surface area contributed by atoms with E-state index in [2.05, 4.69) is 48.2 Å². The summed E-state index contributed by atoms with van der Waals surface area (Å²) in [7, 11) is 0. The molecule has 3 N–H and O–H groups in total. The van der Waals surface area contributed by atoms with Crippen LogP contribution >= 0.6 is 12.2 Å². The van der Waals surface area contributed by atoms with E-state index >= 15 is 0 Å². The summed E-state index contributed by atoms with van der Waals surface area (Å²) in [6, 6.07) is 16.3. The van der Waals surface area contributed by atoms with Gasteiger partial charge >= 0.3 is 0 Å². The van der Waals surface area contributed by atoms with E-state index in [1.807, 2.05) is 43.5 Å². The molecule has 0 saturated heterocycles. The van der Waals surface area contributed by atoms with Crippen LogP contribution in [0, 0.1) is 13.8 Å². The number of hydrazine groups is 1. The van der Waals surface area contributed by atoms with Crippen molar-refractivity contribution < 1.29 is 0 Å². The van der Waals surface area contributed by atoms with Gasteiger partial charge < -0.3 is 10.7 Å². The predicted molar refractivity (Wildman–Crippen MR) is 98.5 cm³/mol. The summed E-state index contributed by atoms with van der Waals surface area (Å²) in [4.78, 5) is 0. The van der Waals surface area contributed by atoms with Crippen LogP contribution < -0.4 is 16.2 Å². The van der Waals surface area contributed by atoms with E-state index in [1.165, 1.54) is 16.7 Å². The summed E-state index contributed by atoms with van der Waals surface area (Å²) in [5.74, 6) is 0. The number of aryl methyl sites for hydroxylation is 1.